The van der Waals surface area contributed by atoms with E-state index < -0.39 is 9.71 Å². The van der Waals surface area contributed by atoms with Crippen LogP contribution in [0.3, 0.4) is 0 Å². The number of allylic oxidation sites excluding steroid dienone is 1. The molecular formula is C37H48ClN3O4S. The van der Waals surface area contributed by atoms with Crippen LogP contribution in [0.4, 0.5) is 5.69 Å². The number of likely N-dealkylation sites (N-methyl/N-ethyl adjacent to an activating group) is 1. The molecule has 7 nitrogen and oxygen atoms in total. The van der Waals surface area contributed by atoms with E-state index in [9.17, 15) is 9.00 Å². The number of nitrogens with zero attached hydrogens (tertiary/aromatic N) is 2. The van der Waals surface area contributed by atoms with Gasteiger partial charge >= 0.3 is 0 Å². The Morgan fingerprint density at radius 3 is 2.76 bits per heavy atom. The Labute approximate surface area is 279 Å². The van der Waals surface area contributed by atoms with Gasteiger partial charge in [0.15, 0.2) is 0 Å². The molecule has 9 heteroatoms. The maximum Gasteiger partial charge on any atom is 0.262 e. The van der Waals surface area contributed by atoms with Crippen LogP contribution < -0.4 is 14.4 Å². The fourth-order valence-corrected chi connectivity index (χ4v) is 10.4. The number of morpholine rings is 1. The second-order valence-electron chi connectivity index (χ2n) is 14.8. The van der Waals surface area contributed by atoms with Gasteiger partial charge in [-0.15, -0.1) is 0 Å². The van der Waals surface area contributed by atoms with Crippen molar-refractivity contribution in [3.05, 3.63) is 70.3 Å². The molecule has 46 heavy (non-hydrogen) atoms. The van der Waals surface area contributed by atoms with E-state index in [0.717, 1.165) is 81.2 Å². The molecule has 1 saturated heterocycles. The van der Waals surface area contributed by atoms with Gasteiger partial charge in [-0.25, -0.2) is 4.21 Å². The number of benzene rings is 2. The summed E-state index contributed by atoms with van der Waals surface area (Å²) in [6.07, 6.45) is 10.7. The fraction of sp³-hybridized carbons (Fsp3) is 0.568. The number of ether oxygens (including phenoxy) is 2. The normalized spacial score (nSPS) is 37.3. The summed E-state index contributed by atoms with van der Waals surface area (Å²) in [5, 5.41) is 0.463. The second kappa shape index (κ2) is 12.2. The van der Waals surface area contributed by atoms with Crippen LogP contribution in [0.25, 0.3) is 0 Å². The van der Waals surface area contributed by atoms with Gasteiger partial charge in [0.1, 0.15) is 11.4 Å². The highest BCUT2D eigenvalue weighted by Crippen LogP contribution is 2.49. The summed E-state index contributed by atoms with van der Waals surface area (Å²) in [7, 11) is -0.725. The first-order valence-electron chi connectivity index (χ1n) is 17.0. The Hall–Kier alpha value is -2.52. The number of fused-ring (bicyclic) bond motifs is 5. The monoisotopic (exact) mass is 665 g/mol. The minimum atomic E-state index is -2.92. The number of amides is 1. The quantitative estimate of drug-likeness (QED) is 0.280. The first kappa shape index (κ1) is 32.0. The fourth-order valence-electron chi connectivity index (χ4n) is 8.71. The minimum absolute atomic E-state index is 0.0605. The van der Waals surface area contributed by atoms with Crippen molar-refractivity contribution in [2.24, 2.45) is 17.8 Å². The number of halogens is 1. The summed E-state index contributed by atoms with van der Waals surface area (Å²) in [5.74, 6) is 5.31. The summed E-state index contributed by atoms with van der Waals surface area (Å²) < 4.78 is 30.1. The Morgan fingerprint density at radius 2 is 1.98 bits per heavy atom. The number of rotatable bonds is 0. The standard InChI is InChI=1S/C37H48ClN3O4S/c1-25-7-5-16-37(23-40(3)17-18-45-37)32-12-9-29(32)21-41-22-36(15-6-8-27-19-30(38)11-13-31(27)36)24-44-34-14-10-28(20-33(34)41)35(42)39-46(4,43)26(25)2/h5,10-11,13-14,16,19-20,25-26,29,32H,4,6-9,12,15,17-18,21-24H2,1-3H3,(H,39,42,43)/b16-5+/t25-,26+,29-,32+,36-,37-,46?/m0/s1. The van der Waals surface area contributed by atoms with Crippen LogP contribution in [0.1, 0.15) is 67.4 Å². The highest BCUT2D eigenvalue weighted by Gasteiger charge is 2.50. The topological polar surface area (TPSA) is 71.1 Å². The molecule has 0 aromatic heterocycles. The number of hydrogen-bond donors (Lipinski definition) is 1. The van der Waals surface area contributed by atoms with Crippen LogP contribution in [0.15, 0.2) is 48.6 Å². The van der Waals surface area contributed by atoms with Crippen LogP contribution in [0.2, 0.25) is 5.02 Å². The van der Waals surface area contributed by atoms with E-state index in [4.69, 9.17) is 21.1 Å². The van der Waals surface area contributed by atoms with Crippen molar-refractivity contribution in [2.75, 3.05) is 51.3 Å². The number of carbonyl (C=O) groups excluding carboxylic acids is 1. The summed E-state index contributed by atoms with van der Waals surface area (Å²) >= 11 is 6.47. The van der Waals surface area contributed by atoms with Gasteiger partial charge in [-0.3, -0.25) is 9.52 Å². The lowest BCUT2D eigenvalue weighted by Crippen LogP contribution is -2.59. The van der Waals surface area contributed by atoms with Crippen molar-refractivity contribution in [2.45, 2.75) is 68.6 Å². The largest absolute Gasteiger partial charge is 0.490 e. The van der Waals surface area contributed by atoms with E-state index >= 15 is 0 Å². The van der Waals surface area contributed by atoms with Crippen LogP contribution >= 0.6 is 11.6 Å². The summed E-state index contributed by atoms with van der Waals surface area (Å²) in [6, 6.07) is 12.0. The Kier molecular flexibility index (Phi) is 8.48. The number of aryl methyl sites for hydroxylation is 1. The van der Waals surface area contributed by atoms with Crippen LogP contribution in [0.5, 0.6) is 5.75 Å². The predicted octanol–water partition coefficient (Wildman–Crippen LogP) is 5.89. The molecule has 3 aliphatic heterocycles. The van der Waals surface area contributed by atoms with Crippen LogP contribution in [0, 0.1) is 17.8 Å². The molecule has 2 spiro atoms. The van der Waals surface area contributed by atoms with Crippen molar-refractivity contribution in [1.29, 1.82) is 0 Å². The molecule has 7 atom stereocenters. The SMILES string of the molecule is C=S1(=O)NC(=O)c2ccc3c(c2)N(C[C@@H]2CC[C@H]2[C@]2(/C=C/C[C@H](C)[C@H]1C)CN(C)CCO2)C[C@@]1(CCCc2cc(Cl)ccc21)CO3. The van der Waals surface area contributed by atoms with Crippen molar-refractivity contribution in [1.82, 2.24) is 9.62 Å². The van der Waals surface area contributed by atoms with Crippen molar-refractivity contribution in [3.8, 4) is 5.75 Å². The summed E-state index contributed by atoms with van der Waals surface area (Å²) in [6.45, 7) is 8.71. The van der Waals surface area contributed by atoms with Crippen molar-refractivity contribution in [3.63, 3.8) is 0 Å². The van der Waals surface area contributed by atoms with Gasteiger partial charge < -0.3 is 19.3 Å². The lowest BCUT2D eigenvalue weighted by molar-refractivity contribution is -0.139. The number of carbonyl (C=O) groups is 1. The van der Waals surface area contributed by atoms with Gasteiger partial charge in [0, 0.05) is 47.4 Å². The third-order valence-electron chi connectivity index (χ3n) is 11.7. The summed E-state index contributed by atoms with van der Waals surface area (Å²) in [5.41, 5.74) is 3.46. The predicted molar refractivity (Wildman–Crippen MR) is 188 cm³/mol. The molecule has 3 heterocycles. The van der Waals surface area contributed by atoms with E-state index in [1.54, 1.807) is 6.07 Å². The molecule has 7 rings (SSSR count). The molecule has 1 amide bonds. The Balaban J connectivity index is 1.33. The number of nitrogens with one attached hydrogen (secondary N) is 1. The highest BCUT2D eigenvalue weighted by atomic mass is 35.5. The maximum atomic E-state index is 13.9. The Morgan fingerprint density at radius 1 is 1.13 bits per heavy atom. The van der Waals surface area contributed by atoms with Gasteiger partial charge in [0.25, 0.3) is 5.91 Å². The van der Waals surface area contributed by atoms with Crippen LogP contribution in [-0.4, -0.2) is 78.2 Å². The van der Waals surface area contributed by atoms with Gasteiger partial charge in [-0.2, -0.15) is 0 Å². The molecule has 0 radical (unpaired) electrons. The van der Waals surface area contributed by atoms with Gasteiger partial charge in [-0.05, 0) is 118 Å². The molecule has 1 saturated carbocycles. The maximum absolute atomic E-state index is 13.9. The number of anilines is 1. The Bertz CT molecular complexity index is 1640. The van der Waals surface area contributed by atoms with Crippen LogP contribution in [-0.2, 0) is 26.3 Å². The number of hydrogen-bond acceptors (Lipinski definition) is 6. The molecule has 2 bridgehead atoms. The molecule has 1 unspecified atom stereocenters. The first-order chi connectivity index (χ1) is 22.0. The smallest absolute Gasteiger partial charge is 0.262 e. The lowest BCUT2D eigenvalue weighted by atomic mass is 9.63. The highest BCUT2D eigenvalue weighted by molar-refractivity contribution is 7.99. The van der Waals surface area contributed by atoms with E-state index in [1.807, 2.05) is 25.1 Å². The van der Waals surface area contributed by atoms with Crippen molar-refractivity contribution < 1.29 is 18.5 Å². The average Bonchev–Trinajstić information content (AvgIpc) is 3.15. The molecule has 2 aromatic rings. The zero-order valence-corrected chi connectivity index (χ0v) is 29.0. The molecule has 1 N–H and O–H groups in total. The van der Waals surface area contributed by atoms with E-state index in [1.165, 1.54) is 11.1 Å². The van der Waals surface area contributed by atoms with Gasteiger partial charge in [-0.1, -0.05) is 36.7 Å². The van der Waals surface area contributed by atoms with Gasteiger partial charge in [0.05, 0.1) is 28.6 Å². The molecule has 2 fully saturated rings. The zero-order chi connectivity index (χ0) is 32.3. The molecule has 2 aliphatic carbocycles. The first-order valence-corrected chi connectivity index (χ1v) is 19.1. The summed E-state index contributed by atoms with van der Waals surface area (Å²) in [4.78, 5) is 18.5. The van der Waals surface area contributed by atoms with Crippen molar-refractivity contribution >= 4 is 38.8 Å². The minimum Gasteiger partial charge on any atom is -0.490 e. The molecule has 248 valence electrons. The average molecular weight is 666 g/mol. The molecular weight excluding hydrogens is 618 g/mol. The van der Waals surface area contributed by atoms with E-state index in [-0.39, 0.29) is 28.1 Å². The molecule has 5 aliphatic rings. The van der Waals surface area contributed by atoms with E-state index in [2.05, 4.69) is 58.6 Å². The lowest BCUT2D eigenvalue weighted by Gasteiger charge is -2.53. The third-order valence-corrected chi connectivity index (χ3v) is 14.2. The third kappa shape index (κ3) is 5.78. The van der Waals surface area contributed by atoms with Gasteiger partial charge in [0.2, 0.25) is 0 Å². The second-order valence-corrected chi connectivity index (χ2v) is 17.6. The molecule has 2 aromatic carbocycles. The zero-order valence-electron chi connectivity index (χ0n) is 27.4. The van der Waals surface area contributed by atoms with E-state index in [0.29, 0.717) is 30.6 Å².